The van der Waals surface area contributed by atoms with E-state index < -0.39 is 12.0 Å². The van der Waals surface area contributed by atoms with Crippen LogP contribution in [0.15, 0.2) is 22.7 Å². The van der Waals surface area contributed by atoms with Crippen molar-refractivity contribution in [1.82, 2.24) is 5.16 Å². The van der Waals surface area contributed by atoms with Crippen LogP contribution >= 0.6 is 0 Å². The van der Waals surface area contributed by atoms with Gasteiger partial charge in [0, 0.05) is 0 Å². The molecule has 0 amide bonds. The number of nitrogens with zero attached hydrogens (tertiary/aromatic N) is 1. The van der Waals surface area contributed by atoms with Crippen LogP contribution in [0.1, 0.15) is 12.5 Å². The highest BCUT2D eigenvalue weighted by atomic mass is 16.5. The van der Waals surface area contributed by atoms with Crippen molar-refractivity contribution in [3.8, 4) is 0 Å². The van der Waals surface area contributed by atoms with E-state index in [9.17, 15) is 4.79 Å². The SMILES string of the molecule is Cc1cccc2c(NC(C)C(=O)O)noc12. The maximum atomic E-state index is 10.7. The Morgan fingerprint density at radius 1 is 1.56 bits per heavy atom. The number of carbonyl (C=O) groups is 1. The predicted octanol–water partition coefficient (Wildman–Crippen LogP) is 2.02. The molecule has 2 aromatic rings. The van der Waals surface area contributed by atoms with E-state index in [0.29, 0.717) is 11.4 Å². The molecule has 1 aromatic carbocycles. The van der Waals surface area contributed by atoms with Gasteiger partial charge >= 0.3 is 5.97 Å². The summed E-state index contributed by atoms with van der Waals surface area (Å²) in [6.07, 6.45) is 0. The summed E-state index contributed by atoms with van der Waals surface area (Å²) in [5.41, 5.74) is 1.66. The number of hydrogen-bond donors (Lipinski definition) is 2. The number of anilines is 1. The molecule has 1 aromatic heterocycles. The molecule has 0 aliphatic rings. The molecule has 0 fully saturated rings. The lowest BCUT2D eigenvalue weighted by molar-refractivity contribution is -0.137. The summed E-state index contributed by atoms with van der Waals surface area (Å²) in [5, 5.41) is 16.2. The van der Waals surface area contributed by atoms with Crippen LogP contribution in [-0.4, -0.2) is 22.3 Å². The smallest absolute Gasteiger partial charge is 0.325 e. The first-order chi connectivity index (χ1) is 7.59. The quantitative estimate of drug-likeness (QED) is 0.827. The largest absolute Gasteiger partial charge is 0.480 e. The van der Waals surface area contributed by atoms with Crippen molar-refractivity contribution in [2.45, 2.75) is 19.9 Å². The number of aliphatic carboxylic acids is 1. The van der Waals surface area contributed by atoms with E-state index >= 15 is 0 Å². The van der Waals surface area contributed by atoms with Crippen molar-refractivity contribution in [3.05, 3.63) is 23.8 Å². The van der Waals surface area contributed by atoms with Gasteiger partial charge in [0.05, 0.1) is 5.39 Å². The molecule has 5 heteroatoms. The number of benzene rings is 1. The van der Waals surface area contributed by atoms with Crippen LogP contribution in [-0.2, 0) is 4.79 Å². The van der Waals surface area contributed by atoms with Gasteiger partial charge in [0.1, 0.15) is 6.04 Å². The molecule has 2 rings (SSSR count). The number of nitrogens with one attached hydrogen (secondary N) is 1. The first-order valence-electron chi connectivity index (χ1n) is 4.94. The Hall–Kier alpha value is -2.04. The van der Waals surface area contributed by atoms with Gasteiger partial charge in [-0.3, -0.25) is 4.79 Å². The van der Waals surface area contributed by atoms with Crippen LogP contribution in [0.5, 0.6) is 0 Å². The van der Waals surface area contributed by atoms with Crippen LogP contribution in [0.3, 0.4) is 0 Å². The van der Waals surface area contributed by atoms with Crippen LogP contribution in [0.2, 0.25) is 0 Å². The third-order valence-corrected chi connectivity index (χ3v) is 2.42. The van der Waals surface area contributed by atoms with E-state index in [2.05, 4.69) is 10.5 Å². The lowest BCUT2D eigenvalue weighted by atomic mass is 10.2. The molecule has 0 bridgehead atoms. The molecule has 5 nitrogen and oxygen atoms in total. The number of carboxylic acids is 1. The zero-order valence-corrected chi connectivity index (χ0v) is 9.02. The first kappa shape index (κ1) is 10.5. The van der Waals surface area contributed by atoms with E-state index in [1.54, 1.807) is 6.92 Å². The summed E-state index contributed by atoms with van der Waals surface area (Å²) in [4.78, 5) is 10.7. The fourth-order valence-electron chi connectivity index (χ4n) is 1.47. The summed E-state index contributed by atoms with van der Waals surface area (Å²) in [6.45, 7) is 3.47. The minimum atomic E-state index is -0.927. The normalized spacial score (nSPS) is 12.6. The van der Waals surface area contributed by atoms with Gasteiger partial charge in [0.25, 0.3) is 0 Å². The van der Waals surface area contributed by atoms with Gasteiger partial charge < -0.3 is 14.9 Å². The van der Waals surface area contributed by atoms with E-state index in [0.717, 1.165) is 10.9 Å². The highest BCUT2D eigenvalue weighted by molar-refractivity contribution is 5.91. The first-order valence-corrected chi connectivity index (χ1v) is 4.94. The van der Waals surface area contributed by atoms with Gasteiger partial charge in [-0.25, -0.2) is 0 Å². The Bertz CT molecular complexity index is 533. The predicted molar refractivity (Wildman–Crippen MR) is 59.5 cm³/mol. The molecule has 0 saturated heterocycles. The highest BCUT2D eigenvalue weighted by Crippen LogP contribution is 2.25. The molecule has 16 heavy (non-hydrogen) atoms. The number of para-hydroxylation sites is 1. The lowest BCUT2D eigenvalue weighted by Crippen LogP contribution is -2.25. The van der Waals surface area contributed by atoms with Crippen LogP contribution in [0, 0.1) is 6.92 Å². The van der Waals surface area contributed by atoms with Gasteiger partial charge in [0.2, 0.25) is 0 Å². The third-order valence-electron chi connectivity index (χ3n) is 2.42. The topological polar surface area (TPSA) is 75.4 Å². The fourth-order valence-corrected chi connectivity index (χ4v) is 1.47. The highest BCUT2D eigenvalue weighted by Gasteiger charge is 2.15. The zero-order valence-electron chi connectivity index (χ0n) is 9.02. The zero-order chi connectivity index (χ0) is 11.7. The molecule has 2 N–H and O–H groups in total. The van der Waals surface area contributed by atoms with Gasteiger partial charge in [0.15, 0.2) is 11.4 Å². The van der Waals surface area contributed by atoms with Crippen LogP contribution in [0.25, 0.3) is 11.0 Å². The second-order valence-electron chi connectivity index (χ2n) is 3.69. The Kier molecular flexibility index (Phi) is 2.52. The Labute approximate surface area is 92.0 Å². The average Bonchev–Trinajstić information content (AvgIpc) is 2.63. The average molecular weight is 220 g/mol. The van der Waals surface area contributed by atoms with E-state index in [1.165, 1.54) is 0 Å². The van der Waals surface area contributed by atoms with Crippen molar-refractivity contribution in [2.24, 2.45) is 0 Å². The summed E-state index contributed by atoms with van der Waals surface area (Å²) < 4.78 is 5.16. The van der Waals surface area contributed by atoms with Gasteiger partial charge in [-0.05, 0) is 25.5 Å². The Morgan fingerprint density at radius 2 is 2.31 bits per heavy atom. The molecular weight excluding hydrogens is 208 g/mol. The minimum absolute atomic E-state index is 0.466. The number of aromatic nitrogens is 1. The van der Waals surface area contributed by atoms with Crippen molar-refractivity contribution in [3.63, 3.8) is 0 Å². The summed E-state index contributed by atoms with van der Waals surface area (Å²) >= 11 is 0. The van der Waals surface area contributed by atoms with Gasteiger partial charge in [-0.2, -0.15) is 0 Å². The maximum absolute atomic E-state index is 10.7. The third kappa shape index (κ3) is 1.71. The van der Waals surface area contributed by atoms with Crippen molar-refractivity contribution >= 4 is 22.8 Å². The molecule has 1 unspecified atom stereocenters. The minimum Gasteiger partial charge on any atom is -0.480 e. The van der Waals surface area contributed by atoms with E-state index in [4.69, 9.17) is 9.63 Å². The molecule has 1 atom stereocenters. The summed E-state index contributed by atoms with van der Waals surface area (Å²) in [6, 6.07) is 4.94. The molecule has 0 aliphatic carbocycles. The number of hydrogen-bond acceptors (Lipinski definition) is 4. The number of fused-ring (bicyclic) bond motifs is 1. The van der Waals surface area contributed by atoms with Crippen molar-refractivity contribution in [2.75, 3.05) is 5.32 Å². The van der Waals surface area contributed by atoms with Crippen LogP contribution in [0.4, 0.5) is 5.82 Å². The second kappa shape index (κ2) is 3.84. The van der Waals surface area contributed by atoms with Gasteiger partial charge in [-0.1, -0.05) is 17.3 Å². The van der Waals surface area contributed by atoms with Crippen molar-refractivity contribution < 1.29 is 14.4 Å². The van der Waals surface area contributed by atoms with Gasteiger partial charge in [-0.15, -0.1) is 0 Å². The second-order valence-corrected chi connectivity index (χ2v) is 3.69. The number of rotatable bonds is 3. The number of aryl methyl sites for hydroxylation is 1. The lowest BCUT2D eigenvalue weighted by Gasteiger charge is -2.06. The van der Waals surface area contributed by atoms with Crippen LogP contribution < -0.4 is 5.32 Å². The molecule has 1 heterocycles. The van der Waals surface area contributed by atoms with Crippen molar-refractivity contribution in [1.29, 1.82) is 0 Å². The molecule has 0 saturated carbocycles. The maximum Gasteiger partial charge on any atom is 0.325 e. The standard InChI is InChI=1S/C11H12N2O3/c1-6-4-3-5-8-9(6)16-13-10(8)12-7(2)11(14)15/h3-5,7H,1-2H3,(H,12,13)(H,14,15). The fraction of sp³-hybridized carbons (Fsp3) is 0.273. The Morgan fingerprint density at radius 3 is 3.00 bits per heavy atom. The monoisotopic (exact) mass is 220 g/mol. The van der Waals surface area contributed by atoms with E-state index in [1.807, 2.05) is 25.1 Å². The van der Waals surface area contributed by atoms with E-state index in [-0.39, 0.29) is 0 Å². The molecule has 0 spiro atoms. The number of carboxylic acid groups (broad SMARTS) is 1. The summed E-state index contributed by atoms with van der Waals surface area (Å²) in [7, 11) is 0. The summed E-state index contributed by atoms with van der Waals surface area (Å²) in [5.74, 6) is -0.461. The molecule has 0 radical (unpaired) electrons. The Balaban J connectivity index is 2.39. The molecule has 84 valence electrons. The molecular formula is C11H12N2O3. The molecule has 0 aliphatic heterocycles.